The molecule has 0 spiro atoms. The molecule has 0 saturated carbocycles. The highest BCUT2D eigenvalue weighted by molar-refractivity contribution is 5.93. The van der Waals surface area contributed by atoms with E-state index in [0.29, 0.717) is 6.54 Å². The number of anilines is 2. The van der Waals surface area contributed by atoms with Crippen molar-refractivity contribution in [2.24, 2.45) is 5.92 Å². The molecule has 1 fully saturated rings. The predicted octanol–water partition coefficient (Wildman–Crippen LogP) is 4.01. The van der Waals surface area contributed by atoms with Crippen LogP contribution in [0.25, 0.3) is 11.3 Å². The number of hydrogen-bond donors (Lipinski definition) is 1. The second kappa shape index (κ2) is 8.73. The zero-order chi connectivity index (χ0) is 20.1. The van der Waals surface area contributed by atoms with Crippen LogP contribution in [0.2, 0.25) is 0 Å². The van der Waals surface area contributed by atoms with Crippen LogP contribution in [0.15, 0.2) is 66.7 Å². The predicted molar refractivity (Wildman–Crippen MR) is 114 cm³/mol. The molecule has 29 heavy (non-hydrogen) atoms. The molecule has 148 valence electrons. The molecule has 1 atom stereocenters. The summed E-state index contributed by atoms with van der Waals surface area (Å²) < 4.78 is 5.16. The fourth-order valence-corrected chi connectivity index (χ4v) is 3.57. The summed E-state index contributed by atoms with van der Waals surface area (Å²) in [5.41, 5.74) is 2.67. The van der Waals surface area contributed by atoms with Crippen molar-refractivity contribution in [1.29, 1.82) is 0 Å². The van der Waals surface area contributed by atoms with Gasteiger partial charge in [0.1, 0.15) is 5.75 Å². The number of carbonyl (C=O) groups excluding carboxylic acids is 1. The minimum Gasteiger partial charge on any atom is -0.497 e. The van der Waals surface area contributed by atoms with E-state index in [0.717, 1.165) is 47.9 Å². The highest BCUT2D eigenvalue weighted by Gasteiger charge is 2.26. The average Bonchev–Trinajstić information content (AvgIpc) is 2.80. The number of nitrogens with one attached hydrogen (secondary N) is 1. The minimum absolute atomic E-state index is 0.0359. The Balaban J connectivity index is 1.40. The topological polar surface area (TPSA) is 67.3 Å². The number of ether oxygens (including phenoxy) is 1. The molecule has 0 radical (unpaired) electrons. The van der Waals surface area contributed by atoms with Crippen molar-refractivity contribution in [3.63, 3.8) is 0 Å². The Morgan fingerprint density at radius 2 is 1.83 bits per heavy atom. The number of nitrogens with zero attached hydrogens (tertiary/aromatic N) is 3. The highest BCUT2D eigenvalue weighted by Crippen LogP contribution is 2.24. The van der Waals surface area contributed by atoms with Crippen molar-refractivity contribution >= 4 is 17.4 Å². The van der Waals surface area contributed by atoms with E-state index in [1.807, 2.05) is 66.7 Å². The molecule has 6 nitrogen and oxygen atoms in total. The molecule has 1 N–H and O–H groups in total. The Morgan fingerprint density at radius 1 is 1.03 bits per heavy atom. The first kappa shape index (κ1) is 18.9. The number of aromatic nitrogens is 2. The molecule has 2 aromatic carbocycles. The number of methoxy groups -OCH3 is 1. The van der Waals surface area contributed by atoms with Gasteiger partial charge < -0.3 is 15.0 Å². The van der Waals surface area contributed by atoms with E-state index in [1.165, 1.54) is 0 Å². The maximum Gasteiger partial charge on any atom is 0.229 e. The van der Waals surface area contributed by atoms with Crippen LogP contribution in [0.3, 0.4) is 0 Å². The SMILES string of the molecule is COc1ccc(NC(=O)C2CCCN(c3ccc(-c4ccccc4)nn3)C2)cc1. The van der Waals surface area contributed by atoms with Crippen LogP contribution in [0.4, 0.5) is 11.5 Å². The lowest BCUT2D eigenvalue weighted by Gasteiger charge is -2.32. The molecule has 1 aliphatic rings. The summed E-state index contributed by atoms with van der Waals surface area (Å²) in [6.45, 7) is 1.52. The van der Waals surface area contributed by atoms with E-state index < -0.39 is 0 Å². The van der Waals surface area contributed by atoms with Crippen molar-refractivity contribution in [2.45, 2.75) is 12.8 Å². The van der Waals surface area contributed by atoms with Crippen molar-refractivity contribution in [3.05, 3.63) is 66.7 Å². The molecule has 3 aromatic rings. The van der Waals surface area contributed by atoms with Gasteiger partial charge in [0.2, 0.25) is 5.91 Å². The Kier molecular flexibility index (Phi) is 5.70. The molecule has 2 heterocycles. The molecule has 1 unspecified atom stereocenters. The van der Waals surface area contributed by atoms with Gasteiger partial charge in [-0.25, -0.2) is 0 Å². The van der Waals surface area contributed by atoms with E-state index >= 15 is 0 Å². The van der Waals surface area contributed by atoms with Gasteiger partial charge in [-0.3, -0.25) is 4.79 Å². The molecule has 1 aliphatic heterocycles. The summed E-state index contributed by atoms with van der Waals surface area (Å²) in [6.07, 6.45) is 1.82. The normalized spacial score (nSPS) is 16.3. The third-order valence-corrected chi connectivity index (χ3v) is 5.19. The van der Waals surface area contributed by atoms with Crippen LogP contribution < -0.4 is 15.0 Å². The Bertz CT molecular complexity index is 943. The van der Waals surface area contributed by atoms with Gasteiger partial charge in [0.25, 0.3) is 0 Å². The van der Waals surface area contributed by atoms with Gasteiger partial charge in [-0.15, -0.1) is 10.2 Å². The van der Waals surface area contributed by atoms with Crippen molar-refractivity contribution < 1.29 is 9.53 Å². The maximum absolute atomic E-state index is 12.7. The minimum atomic E-state index is -0.0820. The summed E-state index contributed by atoms with van der Waals surface area (Å²) in [6, 6.07) is 21.3. The van der Waals surface area contributed by atoms with Crippen molar-refractivity contribution in [1.82, 2.24) is 10.2 Å². The molecule has 1 amide bonds. The third-order valence-electron chi connectivity index (χ3n) is 5.19. The van der Waals surface area contributed by atoms with Crippen LogP contribution >= 0.6 is 0 Å². The summed E-state index contributed by atoms with van der Waals surface area (Å²) >= 11 is 0. The van der Waals surface area contributed by atoms with E-state index in [-0.39, 0.29) is 11.8 Å². The van der Waals surface area contributed by atoms with Gasteiger partial charge in [-0.1, -0.05) is 30.3 Å². The van der Waals surface area contributed by atoms with Crippen LogP contribution in [-0.2, 0) is 4.79 Å². The van der Waals surface area contributed by atoms with Crippen molar-refractivity contribution in [2.75, 3.05) is 30.4 Å². The Hall–Kier alpha value is -3.41. The number of carbonyl (C=O) groups is 1. The highest BCUT2D eigenvalue weighted by atomic mass is 16.5. The van der Waals surface area contributed by atoms with E-state index in [9.17, 15) is 4.79 Å². The van der Waals surface area contributed by atoms with Gasteiger partial charge in [-0.2, -0.15) is 0 Å². The summed E-state index contributed by atoms with van der Waals surface area (Å²) in [5.74, 6) is 1.53. The van der Waals surface area contributed by atoms with E-state index in [2.05, 4.69) is 20.4 Å². The second-order valence-electron chi connectivity index (χ2n) is 7.15. The lowest BCUT2D eigenvalue weighted by Crippen LogP contribution is -2.41. The molecule has 0 aliphatic carbocycles. The molecule has 1 aromatic heterocycles. The summed E-state index contributed by atoms with van der Waals surface area (Å²) in [4.78, 5) is 14.9. The number of amides is 1. The molecule has 1 saturated heterocycles. The fourth-order valence-electron chi connectivity index (χ4n) is 3.57. The zero-order valence-corrected chi connectivity index (χ0v) is 16.4. The molecule has 0 bridgehead atoms. The van der Waals surface area contributed by atoms with Gasteiger partial charge in [0.15, 0.2) is 5.82 Å². The van der Waals surface area contributed by atoms with Crippen LogP contribution in [0.5, 0.6) is 5.75 Å². The zero-order valence-electron chi connectivity index (χ0n) is 16.4. The second-order valence-corrected chi connectivity index (χ2v) is 7.15. The first-order valence-electron chi connectivity index (χ1n) is 9.82. The number of piperidine rings is 1. The first-order valence-corrected chi connectivity index (χ1v) is 9.82. The average molecular weight is 388 g/mol. The number of benzene rings is 2. The number of rotatable bonds is 5. The van der Waals surface area contributed by atoms with Crippen molar-refractivity contribution in [3.8, 4) is 17.0 Å². The van der Waals surface area contributed by atoms with Gasteiger partial charge >= 0.3 is 0 Å². The quantitative estimate of drug-likeness (QED) is 0.715. The third kappa shape index (κ3) is 4.54. The lowest BCUT2D eigenvalue weighted by atomic mass is 9.97. The van der Waals surface area contributed by atoms with Gasteiger partial charge in [0.05, 0.1) is 18.7 Å². The van der Waals surface area contributed by atoms with Crippen LogP contribution in [-0.4, -0.2) is 36.3 Å². The summed E-state index contributed by atoms with van der Waals surface area (Å²) in [5, 5.41) is 11.8. The Morgan fingerprint density at radius 3 is 2.52 bits per heavy atom. The number of hydrogen-bond acceptors (Lipinski definition) is 5. The van der Waals surface area contributed by atoms with Crippen LogP contribution in [0.1, 0.15) is 12.8 Å². The van der Waals surface area contributed by atoms with Crippen LogP contribution in [0, 0.1) is 5.92 Å². The lowest BCUT2D eigenvalue weighted by molar-refractivity contribution is -0.120. The van der Waals surface area contributed by atoms with E-state index in [1.54, 1.807) is 7.11 Å². The fraction of sp³-hybridized carbons (Fsp3) is 0.261. The summed E-state index contributed by atoms with van der Waals surface area (Å²) in [7, 11) is 1.62. The molecule has 4 rings (SSSR count). The maximum atomic E-state index is 12.7. The molecular formula is C23H24N4O2. The van der Waals surface area contributed by atoms with Gasteiger partial charge in [0, 0.05) is 24.3 Å². The first-order chi connectivity index (χ1) is 14.2. The Labute approximate surface area is 170 Å². The molecular weight excluding hydrogens is 364 g/mol. The van der Waals surface area contributed by atoms with Gasteiger partial charge in [-0.05, 0) is 49.2 Å². The molecule has 6 heteroatoms. The van der Waals surface area contributed by atoms with E-state index in [4.69, 9.17) is 4.74 Å². The monoisotopic (exact) mass is 388 g/mol. The smallest absolute Gasteiger partial charge is 0.229 e. The largest absolute Gasteiger partial charge is 0.497 e. The standard InChI is InChI=1S/C23H24N4O2/c1-29-20-11-9-19(10-12-20)24-23(28)18-8-5-15-27(16-18)22-14-13-21(25-26-22)17-6-3-2-4-7-17/h2-4,6-7,9-14,18H,5,8,15-16H2,1H3,(H,24,28).